The van der Waals surface area contributed by atoms with E-state index in [1.807, 2.05) is 38.1 Å². The van der Waals surface area contributed by atoms with Crippen LogP contribution in [0.3, 0.4) is 0 Å². The van der Waals surface area contributed by atoms with Crippen molar-refractivity contribution in [1.29, 1.82) is 0 Å². The van der Waals surface area contributed by atoms with E-state index >= 15 is 0 Å². The molecular formula is C16H21N3O2. The van der Waals surface area contributed by atoms with E-state index in [0.717, 1.165) is 0 Å². The molecule has 2 unspecified atom stereocenters. The average Bonchev–Trinajstić information content (AvgIpc) is 3.18. The molecule has 0 saturated carbocycles. The van der Waals surface area contributed by atoms with Gasteiger partial charge in [0.2, 0.25) is 0 Å². The maximum atomic E-state index is 12.3. The summed E-state index contributed by atoms with van der Waals surface area (Å²) in [7, 11) is 0. The SMILES string of the molecule is CC(C)N1C(=O)NC(N[C@@H](C)c2ccccc2)=CC2OC21. The first-order valence-electron chi connectivity index (χ1n) is 7.34. The molecule has 5 heteroatoms. The Morgan fingerprint density at radius 3 is 2.62 bits per heavy atom. The molecule has 2 N–H and O–H groups in total. The number of benzene rings is 1. The average molecular weight is 287 g/mol. The van der Waals surface area contributed by atoms with E-state index in [1.165, 1.54) is 5.56 Å². The van der Waals surface area contributed by atoms with Gasteiger partial charge in [-0.15, -0.1) is 0 Å². The lowest BCUT2D eigenvalue weighted by atomic mass is 10.1. The molecule has 1 aromatic rings. The highest BCUT2D eigenvalue weighted by atomic mass is 16.6. The van der Waals surface area contributed by atoms with E-state index < -0.39 is 0 Å². The number of rotatable bonds is 4. The van der Waals surface area contributed by atoms with Crippen molar-refractivity contribution in [1.82, 2.24) is 15.5 Å². The molecular weight excluding hydrogens is 266 g/mol. The highest BCUT2D eigenvalue weighted by molar-refractivity contribution is 5.77. The van der Waals surface area contributed by atoms with Gasteiger partial charge >= 0.3 is 6.03 Å². The molecule has 1 saturated heterocycles. The number of nitrogens with zero attached hydrogens (tertiary/aromatic N) is 1. The van der Waals surface area contributed by atoms with Crippen LogP contribution in [0.1, 0.15) is 32.4 Å². The Kier molecular flexibility index (Phi) is 3.59. The fraction of sp³-hybridized carbons (Fsp3) is 0.438. The minimum Gasteiger partial charge on any atom is -0.365 e. The van der Waals surface area contributed by atoms with Crippen LogP contribution in [0.15, 0.2) is 42.2 Å². The number of hydrogen-bond donors (Lipinski definition) is 2. The van der Waals surface area contributed by atoms with Crippen LogP contribution in [-0.2, 0) is 4.74 Å². The third-order valence-electron chi connectivity index (χ3n) is 3.81. The predicted molar refractivity (Wildman–Crippen MR) is 80.2 cm³/mol. The van der Waals surface area contributed by atoms with Crippen LogP contribution in [0.25, 0.3) is 0 Å². The molecule has 21 heavy (non-hydrogen) atoms. The normalized spacial score (nSPS) is 25.6. The number of nitrogens with one attached hydrogen (secondary N) is 2. The fourth-order valence-electron chi connectivity index (χ4n) is 2.63. The third kappa shape index (κ3) is 2.88. The number of hydrogen-bond acceptors (Lipinski definition) is 3. The lowest BCUT2D eigenvalue weighted by molar-refractivity contribution is 0.147. The Labute approximate surface area is 125 Å². The van der Waals surface area contributed by atoms with Crippen molar-refractivity contribution in [2.24, 2.45) is 0 Å². The summed E-state index contributed by atoms with van der Waals surface area (Å²) in [6, 6.07) is 10.2. The molecule has 3 rings (SSSR count). The maximum Gasteiger partial charge on any atom is 0.325 e. The zero-order valence-corrected chi connectivity index (χ0v) is 12.5. The molecule has 0 aliphatic carbocycles. The van der Waals surface area contributed by atoms with Crippen LogP contribution in [0.4, 0.5) is 4.79 Å². The van der Waals surface area contributed by atoms with Gasteiger partial charge in [-0.05, 0) is 32.4 Å². The van der Waals surface area contributed by atoms with Crippen LogP contribution >= 0.6 is 0 Å². The zero-order chi connectivity index (χ0) is 15.0. The zero-order valence-electron chi connectivity index (χ0n) is 12.5. The topological polar surface area (TPSA) is 56.9 Å². The van der Waals surface area contributed by atoms with E-state index in [1.54, 1.807) is 4.90 Å². The highest BCUT2D eigenvalue weighted by Gasteiger charge is 2.48. The Morgan fingerprint density at radius 1 is 1.24 bits per heavy atom. The van der Waals surface area contributed by atoms with Gasteiger partial charge in [0.25, 0.3) is 0 Å². The van der Waals surface area contributed by atoms with Crippen molar-refractivity contribution in [2.45, 2.75) is 45.2 Å². The van der Waals surface area contributed by atoms with Crippen LogP contribution in [0, 0.1) is 0 Å². The summed E-state index contributed by atoms with van der Waals surface area (Å²) < 4.78 is 5.57. The first-order chi connectivity index (χ1) is 10.1. The molecule has 0 aromatic heterocycles. The second kappa shape index (κ2) is 5.41. The number of ether oxygens (including phenoxy) is 1. The Hall–Kier alpha value is -2.01. The van der Waals surface area contributed by atoms with Crippen molar-refractivity contribution >= 4 is 6.03 Å². The van der Waals surface area contributed by atoms with Gasteiger partial charge in [-0.2, -0.15) is 0 Å². The van der Waals surface area contributed by atoms with Gasteiger partial charge < -0.3 is 10.1 Å². The smallest absolute Gasteiger partial charge is 0.325 e. The number of carbonyl (C=O) groups is 1. The van der Waals surface area contributed by atoms with E-state index in [0.29, 0.717) is 5.82 Å². The Balaban J connectivity index is 1.71. The number of amides is 2. The summed E-state index contributed by atoms with van der Waals surface area (Å²) in [6.07, 6.45) is 1.80. The summed E-state index contributed by atoms with van der Waals surface area (Å²) in [4.78, 5) is 14.0. The molecule has 2 aliphatic rings. The van der Waals surface area contributed by atoms with Crippen molar-refractivity contribution < 1.29 is 9.53 Å². The molecule has 2 aliphatic heterocycles. The van der Waals surface area contributed by atoms with Crippen LogP contribution in [-0.4, -0.2) is 29.3 Å². The van der Waals surface area contributed by atoms with E-state index in [2.05, 4.69) is 29.7 Å². The molecule has 0 radical (unpaired) electrons. The number of epoxide rings is 1. The van der Waals surface area contributed by atoms with Crippen LogP contribution in [0.5, 0.6) is 0 Å². The predicted octanol–water partition coefficient (Wildman–Crippen LogP) is 2.34. The Morgan fingerprint density at radius 2 is 1.95 bits per heavy atom. The minimum absolute atomic E-state index is 0.0168. The van der Waals surface area contributed by atoms with Gasteiger partial charge in [0.05, 0.1) is 0 Å². The van der Waals surface area contributed by atoms with Crippen molar-refractivity contribution in [3.63, 3.8) is 0 Å². The third-order valence-corrected chi connectivity index (χ3v) is 3.81. The van der Waals surface area contributed by atoms with Gasteiger partial charge in [0, 0.05) is 12.1 Å². The van der Waals surface area contributed by atoms with Crippen molar-refractivity contribution in [2.75, 3.05) is 0 Å². The summed E-state index contributed by atoms with van der Waals surface area (Å²) in [5.74, 6) is 0.715. The van der Waals surface area contributed by atoms with Crippen molar-refractivity contribution in [3.05, 3.63) is 47.8 Å². The minimum atomic E-state index is -0.128. The molecule has 2 heterocycles. The largest absolute Gasteiger partial charge is 0.365 e. The van der Waals surface area contributed by atoms with Crippen molar-refractivity contribution in [3.8, 4) is 0 Å². The van der Waals surface area contributed by atoms with Gasteiger partial charge in [-0.3, -0.25) is 10.2 Å². The summed E-state index contributed by atoms with van der Waals surface area (Å²) in [5.41, 5.74) is 1.17. The molecule has 0 spiro atoms. The lowest BCUT2D eigenvalue weighted by Crippen LogP contribution is -2.46. The number of fused-ring (bicyclic) bond motifs is 1. The van der Waals surface area contributed by atoms with E-state index in [4.69, 9.17) is 4.74 Å². The first-order valence-corrected chi connectivity index (χ1v) is 7.34. The number of urea groups is 1. The summed E-state index contributed by atoms with van der Waals surface area (Å²) >= 11 is 0. The van der Waals surface area contributed by atoms with E-state index in [-0.39, 0.29) is 30.4 Å². The standard InChI is InChI=1S/C16H21N3O2/c1-10(2)19-15-13(21-15)9-14(18-16(19)20)17-11(3)12-7-5-4-6-8-12/h4-11,13,15,17H,1-3H3,(H,18,20)/t11-,13?,15?/m0/s1. The lowest BCUT2D eigenvalue weighted by Gasteiger charge is -2.25. The van der Waals surface area contributed by atoms with Crippen LogP contribution in [0.2, 0.25) is 0 Å². The molecule has 112 valence electrons. The van der Waals surface area contributed by atoms with E-state index in [9.17, 15) is 4.79 Å². The molecule has 0 bridgehead atoms. The number of carbonyl (C=O) groups excluding carboxylic acids is 1. The quantitative estimate of drug-likeness (QED) is 0.836. The molecule has 1 fully saturated rings. The Bertz CT molecular complexity index is 556. The summed E-state index contributed by atoms with van der Waals surface area (Å²) in [5, 5.41) is 6.27. The highest BCUT2D eigenvalue weighted by Crippen LogP contribution is 2.31. The molecule has 3 atom stereocenters. The second-order valence-electron chi connectivity index (χ2n) is 5.78. The van der Waals surface area contributed by atoms with Gasteiger partial charge in [0.15, 0.2) is 6.23 Å². The fourth-order valence-corrected chi connectivity index (χ4v) is 2.63. The van der Waals surface area contributed by atoms with Gasteiger partial charge in [-0.25, -0.2) is 4.79 Å². The molecule has 2 amide bonds. The molecule has 5 nitrogen and oxygen atoms in total. The van der Waals surface area contributed by atoms with Crippen LogP contribution < -0.4 is 10.6 Å². The maximum absolute atomic E-state index is 12.3. The summed E-state index contributed by atoms with van der Waals surface area (Å²) in [6.45, 7) is 6.05. The van der Waals surface area contributed by atoms with Gasteiger partial charge in [0.1, 0.15) is 11.9 Å². The molecule has 1 aromatic carbocycles. The first kappa shape index (κ1) is 13.9. The second-order valence-corrected chi connectivity index (χ2v) is 5.78. The monoisotopic (exact) mass is 287 g/mol. The van der Waals surface area contributed by atoms with Gasteiger partial charge in [-0.1, -0.05) is 30.3 Å².